The van der Waals surface area contributed by atoms with Crippen molar-refractivity contribution >= 4 is 54.9 Å². The second-order valence-corrected chi connectivity index (χ2v) is 12.2. The lowest BCUT2D eigenvalue weighted by Gasteiger charge is -2.26. The first kappa shape index (κ1) is 25.6. The molecule has 1 saturated heterocycles. The zero-order valence-electron chi connectivity index (χ0n) is 19.5. The van der Waals surface area contributed by atoms with E-state index in [1.807, 2.05) is 13.0 Å². The van der Waals surface area contributed by atoms with E-state index in [1.165, 1.54) is 26.3 Å². The van der Waals surface area contributed by atoms with Gasteiger partial charge in [-0.05, 0) is 43.5 Å². The summed E-state index contributed by atoms with van der Waals surface area (Å²) in [5.74, 6) is -0.299. The van der Waals surface area contributed by atoms with E-state index < -0.39 is 10.0 Å². The molecular weight excluding hydrogens is 504 g/mol. The van der Waals surface area contributed by atoms with Gasteiger partial charge in [-0.15, -0.1) is 17.9 Å². The summed E-state index contributed by atoms with van der Waals surface area (Å²) in [6.07, 6.45) is 5.19. The molecule has 0 aliphatic carbocycles. The Morgan fingerprint density at radius 1 is 1.26 bits per heavy atom. The number of benzene rings is 1. The Balaban J connectivity index is 1.49. The average molecular weight is 533 g/mol. The number of amides is 1. The molecule has 2 aromatic heterocycles. The predicted molar refractivity (Wildman–Crippen MR) is 142 cm³/mol. The highest BCUT2D eigenvalue weighted by molar-refractivity contribution is 7.99. The Hall–Kier alpha value is -2.47. The largest absolute Gasteiger partial charge is 0.325 e. The maximum atomic E-state index is 13.0. The molecule has 1 amide bonds. The summed E-state index contributed by atoms with van der Waals surface area (Å²) in [6.45, 7) is 7.08. The molecule has 3 aromatic rings. The minimum absolute atomic E-state index is 0.0181. The molecule has 0 saturated carbocycles. The number of thioether (sulfide) groups is 1. The molecule has 1 N–H and O–H groups in total. The summed E-state index contributed by atoms with van der Waals surface area (Å²) < 4.78 is 28.9. The Bertz CT molecular complexity index is 1410. The number of carbonyl (C=O) groups is 1. The first-order valence-electron chi connectivity index (χ1n) is 11.5. The van der Waals surface area contributed by atoms with Gasteiger partial charge < -0.3 is 5.32 Å². The number of allylic oxidation sites excluding steroid dienone is 1. The van der Waals surface area contributed by atoms with Crippen molar-refractivity contribution in [2.75, 3.05) is 24.2 Å². The number of thiophene rings is 1. The molecule has 0 spiro atoms. The van der Waals surface area contributed by atoms with Gasteiger partial charge in [0.05, 0.1) is 16.0 Å². The van der Waals surface area contributed by atoms with Crippen LogP contribution in [-0.2, 0) is 27.8 Å². The van der Waals surface area contributed by atoms with Gasteiger partial charge in [0, 0.05) is 30.2 Å². The molecule has 1 aliphatic rings. The van der Waals surface area contributed by atoms with Gasteiger partial charge in [0.2, 0.25) is 15.9 Å². The van der Waals surface area contributed by atoms with Crippen molar-refractivity contribution in [2.45, 2.75) is 49.2 Å². The first-order valence-corrected chi connectivity index (χ1v) is 14.7. The van der Waals surface area contributed by atoms with Crippen molar-refractivity contribution in [3.63, 3.8) is 0 Å². The minimum atomic E-state index is -3.59. The SMILES string of the molecule is C=CCn1c(SCC(=O)Nc2cccc(S(=O)(=O)N3CCCCC3)c2)nc2sc(CC)cc2c1=O. The topological polar surface area (TPSA) is 101 Å². The highest BCUT2D eigenvalue weighted by atomic mass is 32.2. The fourth-order valence-corrected chi connectivity index (χ4v) is 7.32. The number of rotatable bonds is 9. The van der Waals surface area contributed by atoms with E-state index >= 15 is 0 Å². The van der Waals surface area contributed by atoms with Gasteiger partial charge in [0.25, 0.3) is 5.56 Å². The number of nitrogens with zero attached hydrogens (tertiary/aromatic N) is 3. The molecule has 1 fully saturated rings. The van der Waals surface area contributed by atoms with Crippen LogP contribution in [0.1, 0.15) is 31.1 Å². The predicted octanol–water partition coefficient (Wildman–Crippen LogP) is 4.11. The lowest BCUT2D eigenvalue weighted by molar-refractivity contribution is -0.113. The van der Waals surface area contributed by atoms with Crippen LogP contribution in [0, 0.1) is 0 Å². The van der Waals surface area contributed by atoms with E-state index in [2.05, 4.69) is 16.9 Å². The van der Waals surface area contributed by atoms with Crippen LogP contribution < -0.4 is 10.9 Å². The van der Waals surface area contributed by atoms with E-state index in [9.17, 15) is 18.0 Å². The molecule has 3 heterocycles. The maximum Gasteiger partial charge on any atom is 0.263 e. The summed E-state index contributed by atoms with van der Waals surface area (Å²) in [5, 5.41) is 3.79. The van der Waals surface area contributed by atoms with Crippen LogP contribution in [0.2, 0.25) is 0 Å². The van der Waals surface area contributed by atoms with E-state index in [0.29, 0.717) is 40.7 Å². The second-order valence-electron chi connectivity index (χ2n) is 8.21. The number of hydrogen-bond acceptors (Lipinski definition) is 7. The van der Waals surface area contributed by atoms with Crippen LogP contribution >= 0.6 is 23.1 Å². The van der Waals surface area contributed by atoms with Gasteiger partial charge in [0.15, 0.2) is 5.16 Å². The molecule has 186 valence electrons. The zero-order valence-corrected chi connectivity index (χ0v) is 22.0. The smallest absolute Gasteiger partial charge is 0.263 e. The molecule has 1 aromatic carbocycles. The molecule has 4 rings (SSSR count). The number of anilines is 1. The quantitative estimate of drug-likeness (QED) is 0.253. The number of aromatic nitrogens is 2. The van der Waals surface area contributed by atoms with Crippen LogP contribution in [0.15, 0.2) is 57.8 Å². The molecular formula is C24H28N4O4S3. The van der Waals surface area contributed by atoms with Crippen LogP contribution in [0.25, 0.3) is 10.2 Å². The highest BCUT2D eigenvalue weighted by Gasteiger charge is 2.26. The third-order valence-corrected chi connectivity index (χ3v) is 9.77. The number of carbonyl (C=O) groups excluding carboxylic acids is 1. The number of fused-ring (bicyclic) bond motifs is 1. The third kappa shape index (κ3) is 5.69. The number of nitrogens with one attached hydrogen (secondary N) is 1. The Morgan fingerprint density at radius 2 is 2.03 bits per heavy atom. The van der Waals surface area contributed by atoms with Gasteiger partial charge in [-0.25, -0.2) is 13.4 Å². The number of aryl methyl sites for hydroxylation is 1. The van der Waals surface area contributed by atoms with Crippen LogP contribution in [-0.4, -0.2) is 47.0 Å². The van der Waals surface area contributed by atoms with E-state index in [1.54, 1.807) is 24.3 Å². The van der Waals surface area contributed by atoms with Crippen molar-refractivity contribution < 1.29 is 13.2 Å². The van der Waals surface area contributed by atoms with Crippen LogP contribution in [0.4, 0.5) is 5.69 Å². The molecule has 11 heteroatoms. The van der Waals surface area contributed by atoms with E-state index in [4.69, 9.17) is 0 Å². The lowest BCUT2D eigenvalue weighted by Crippen LogP contribution is -2.35. The van der Waals surface area contributed by atoms with Gasteiger partial charge >= 0.3 is 0 Å². The molecule has 1 aliphatic heterocycles. The third-order valence-electron chi connectivity index (χ3n) is 5.73. The summed E-state index contributed by atoms with van der Waals surface area (Å²) in [7, 11) is -3.59. The number of piperidine rings is 1. The summed E-state index contributed by atoms with van der Waals surface area (Å²) in [5.41, 5.74) is 0.260. The Labute approximate surface area is 213 Å². The summed E-state index contributed by atoms with van der Waals surface area (Å²) in [6, 6.07) is 8.20. The van der Waals surface area contributed by atoms with Crippen molar-refractivity contribution in [1.82, 2.24) is 13.9 Å². The zero-order chi connectivity index (χ0) is 25.0. The van der Waals surface area contributed by atoms with Gasteiger partial charge in [-0.3, -0.25) is 14.2 Å². The molecule has 8 nitrogen and oxygen atoms in total. The van der Waals surface area contributed by atoms with Crippen molar-refractivity contribution in [2.24, 2.45) is 0 Å². The Kier molecular flexibility index (Phi) is 8.10. The average Bonchev–Trinajstić information content (AvgIpc) is 3.29. The standard InChI is InChI=1S/C24H28N4O4S3/c1-3-11-28-23(30)20-15-18(4-2)34-22(20)26-24(28)33-16-21(29)25-17-9-8-10-19(14-17)35(31,32)27-12-6-5-7-13-27/h3,8-10,14-15H,1,4-7,11-13,16H2,2H3,(H,25,29). The Morgan fingerprint density at radius 3 is 2.74 bits per heavy atom. The highest BCUT2D eigenvalue weighted by Crippen LogP contribution is 2.26. The molecule has 0 unspecified atom stereocenters. The molecule has 0 atom stereocenters. The minimum Gasteiger partial charge on any atom is -0.325 e. The van der Waals surface area contributed by atoms with E-state index in [-0.39, 0.29) is 22.1 Å². The van der Waals surface area contributed by atoms with Crippen molar-refractivity contribution in [3.8, 4) is 0 Å². The molecule has 0 radical (unpaired) electrons. The molecule has 35 heavy (non-hydrogen) atoms. The number of sulfonamides is 1. The van der Waals surface area contributed by atoms with Crippen LogP contribution in [0.3, 0.4) is 0 Å². The molecule has 0 bridgehead atoms. The van der Waals surface area contributed by atoms with Gasteiger partial charge in [-0.1, -0.05) is 37.2 Å². The fraction of sp³-hybridized carbons (Fsp3) is 0.375. The second kappa shape index (κ2) is 11.1. The number of hydrogen-bond donors (Lipinski definition) is 1. The maximum absolute atomic E-state index is 13.0. The normalized spacial score (nSPS) is 14.8. The van der Waals surface area contributed by atoms with Gasteiger partial charge in [-0.2, -0.15) is 4.31 Å². The van der Waals surface area contributed by atoms with Crippen LogP contribution in [0.5, 0.6) is 0 Å². The summed E-state index contributed by atoms with van der Waals surface area (Å²) in [4.78, 5) is 32.2. The first-order chi connectivity index (χ1) is 16.8. The van der Waals surface area contributed by atoms with Crippen molar-refractivity contribution in [1.29, 1.82) is 0 Å². The van der Waals surface area contributed by atoms with E-state index in [0.717, 1.165) is 42.3 Å². The van der Waals surface area contributed by atoms with Gasteiger partial charge in [0.1, 0.15) is 4.83 Å². The summed E-state index contributed by atoms with van der Waals surface area (Å²) >= 11 is 2.64. The monoisotopic (exact) mass is 532 g/mol. The van der Waals surface area contributed by atoms with Crippen molar-refractivity contribution in [3.05, 3.63) is 58.2 Å². The lowest BCUT2D eigenvalue weighted by atomic mass is 10.2. The fourth-order valence-electron chi connectivity index (χ4n) is 3.94.